The predicted octanol–water partition coefficient (Wildman–Crippen LogP) is 3.94. The predicted molar refractivity (Wildman–Crippen MR) is 41.6 cm³/mol. The Kier molecular flexibility index (Phi) is 2.88. The monoisotopic (exact) mass is 208 g/mol. The van der Waals surface area contributed by atoms with Crippen LogP contribution < -0.4 is 0 Å². The van der Waals surface area contributed by atoms with E-state index in [-0.39, 0.29) is 5.56 Å². The maximum Gasteiger partial charge on any atom is 0.416 e. The second-order valence-electron chi connectivity index (χ2n) is 2.55. The summed E-state index contributed by atoms with van der Waals surface area (Å²) in [5.41, 5.74) is -0.813. The fourth-order valence-electron chi connectivity index (χ4n) is 0.894. The Bertz CT molecular complexity index is 329. The van der Waals surface area contributed by atoms with Crippen molar-refractivity contribution in [2.75, 3.05) is 0 Å². The van der Waals surface area contributed by atoms with Gasteiger partial charge in [0.1, 0.15) is 0 Å². The molecule has 0 N–H and O–H groups in total. The van der Waals surface area contributed by atoms with Crippen LogP contribution in [0.1, 0.15) is 11.1 Å². The van der Waals surface area contributed by atoms with Crippen LogP contribution in [0, 0.1) is 0 Å². The molecule has 0 bridgehead atoms. The average Bonchev–Trinajstić information content (AvgIpc) is 2.02. The van der Waals surface area contributed by atoms with E-state index in [1.54, 1.807) is 0 Å². The van der Waals surface area contributed by atoms with Crippen molar-refractivity contribution in [1.29, 1.82) is 0 Å². The summed E-state index contributed by atoms with van der Waals surface area (Å²) in [4.78, 5) is 0. The van der Waals surface area contributed by atoms with Crippen LogP contribution in [0.4, 0.5) is 22.0 Å². The highest BCUT2D eigenvalue weighted by Crippen LogP contribution is 2.29. The first-order chi connectivity index (χ1) is 6.39. The molecule has 14 heavy (non-hydrogen) atoms. The molecule has 0 aromatic heterocycles. The summed E-state index contributed by atoms with van der Waals surface area (Å²) in [6.45, 7) is 0. The third kappa shape index (κ3) is 2.83. The molecule has 0 fully saturated rings. The number of hydrogen-bond acceptors (Lipinski definition) is 0. The molecule has 0 aliphatic heterocycles. The summed E-state index contributed by atoms with van der Waals surface area (Å²) in [7, 11) is 0. The standard InChI is InChI=1S/C9H5F5/c10-8(11)5-6-1-3-7(4-2-6)9(12,13)14/h1-5H. The largest absolute Gasteiger partial charge is 0.416 e. The minimum absolute atomic E-state index is 0.0398. The van der Waals surface area contributed by atoms with E-state index in [0.717, 1.165) is 24.3 Å². The first-order valence-corrected chi connectivity index (χ1v) is 3.59. The maximum absolute atomic E-state index is 12.0. The Balaban J connectivity index is 2.95. The molecule has 1 aromatic rings. The molecule has 1 aromatic carbocycles. The lowest BCUT2D eigenvalue weighted by Gasteiger charge is -2.05. The third-order valence-corrected chi connectivity index (χ3v) is 1.51. The van der Waals surface area contributed by atoms with Crippen molar-refractivity contribution < 1.29 is 22.0 Å². The summed E-state index contributed by atoms with van der Waals surface area (Å²) < 4.78 is 59.4. The highest BCUT2D eigenvalue weighted by Gasteiger charge is 2.29. The van der Waals surface area contributed by atoms with Crippen molar-refractivity contribution in [1.82, 2.24) is 0 Å². The molecule has 0 heterocycles. The van der Waals surface area contributed by atoms with Crippen LogP contribution in [-0.4, -0.2) is 0 Å². The molecule has 0 atom stereocenters. The van der Waals surface area contributed by atoms with Crippen molar-refractivity contribution in [3.8, 4) is 0 Å². The summed E-state index contributed by atoms with van der Waals surface area (Å²) in [6.07, 6.45) is -5.87. The highest BCUT2D eigenvalue weighted by molar-refractivity contribution is 5.50. The molecule has 0 aliphatic rings. The van der Waals surface area contributed by atoms with E-state index in [1.807, 2.05) is 0 Å². The van der Waals surface area contributed by atoms with Crippen LogP contribution in [0.3, 0.4) is 0 Å². The summed E-state index contributed by atoms with van der Waals surface area (Å²) in [5, 5.41) is 0. The summed E-state index contributed by atoms with van der Waals surface area (Å²) in [6, 6.07) is 3.49. The summed E-state index contributed by atoms with van der Waals surface area (Å²) in [5.74, 6) is 0. The Morgan fingerprint density at radius 1 is 1.00 bits per heavy atom. The van der Waals surface area contributed by atoms with Gasteiger partial charge in [0.15, 0.2) is 0 Å². The second kappa shape index (κ2) is 3.77. The molecule has 1 rings (SSSR count). The normalized spacial score (nSPS) is 11.2. The van der Waals surface area contributed by atoms with Gasteiger partial charge in [-0.15, -0.1) is 0 Å². The zero-order chi connectivity index (χ0) is 10.8. The fraction of sp³-hybridized carbons (Fsp3) is 0.111. The van der Waals surface area contributed by atoms with E-state index in [0.29, 0.717) is 6.08 Å². The Morgan fingerprint density at radius 3 is 1.86 bits per heavy atom. The molecule has 0 unspecified atom stereocenters. The Labute approximate surface area is 76.7 Å². The minimum Gasteiger partial charge on any atom is -0.173 e. The first kappa shape index (κ1) is 10.7. The Morgan fingerprint density at radius 2 is 1.50 bits per heavy atom. The SMILES string of the molecule is FC(F)=Cc1ccc(C(F)(F)F)cc1. The summed E-state index contributed by atoms with van der Waals surface area (Å²) >= 11 is 0. The van der Waals surface area contributed by atoms with Crippen molar-refractivity contribution in [3.63, 3.8) is 0 Å². The van der Waals surface area contributed by atoms with E-state index >= 15 is 0 Å². The van der Waals surface area contributed by atoms with Crippen LogP contribution in [0.25, 0.3) is 6.08 Å². The van der Waals surface area contributed by atoms with Gasteiger partial charge >= 0.3 is 6.18 Å². The van der Waals surface area contributed by atoms with Crippen LogP contribution in [0.2, 0.25) is 0 Å². The van der Waals surface area contributed by atoms with Gasteiger partial charge in [-0.2, -0.15) is 22.0 Å². The smallest absolute Gasteiger partial charge is 0.173 e. The molecule has 5 heteroatoms. The molecule has 0 radical (unpaired) electrons. The molecule has 0 saturated carbocycles. The Hall–Kier alpha value is -1.39. The van der Waals surface area contributed by atoms with E-state index in [2.05, 4.69) is 0 Å². The second-order valence-corrected chi connectivity index (χ2v) is 2.55. The average molecular weight is 208 g/mol. The van der Waals surface area contributed by atoms with Crippen LogP contribution in [-0.2, 0) is 6.18 Å². The lowest BCUT2D eigenvalue weighted by atomic mass is 10.1. The van der Waals surface area contributed by atoms with Gasteiger partial charge in [-0.05, 0) is 17.7 Å². The van der Waals surface area contributed by atoms with Crippen molar-refractivity contribution in [2.24, 2.45) is 0 Å². The molecule has 0 aliphatic carbocycles. The van der Waals surface area contributed by atoms with Crippen LogP contribution in [0.15, 0.2) is 30.3 Å². The first-order valence-electron chi connectivity index (χ1n) is 3.59. The topological polar surface area (TPSA) is 0 Å². The van der Waals surface area contributed by atoms with E-state index in [9.17, 15) is 22.0 Å². The number of alkyl halides is 3. The third-order valence-electron chi connectivity index (χ3n) is 1.51. The quantitative estimate of drug-likeness (QED) is 0.613. The molecular formula is C9H5F5. The van der Waals surface area contributed by atoms with E-state index < -0.39 is 17.8 Å². The highest BCUT2D eigenvalue weighted by atomic mass is 19.4. The van der Waals surface area contributed by atoms with Gasteiger partial charge in [0.2, 0.25) is 0 Å². The van der Waals surface area contributed by atoms with Gasteiger partial charge in [-0.3, -0.25) is 0 Å². The van der Waals surface area contributed by atoms with Gasteiger partial charge in [-0.1, -0.05) is 12.1 Å². The number of rotatable bonds is 1. The molecular weight excluding hydrogens is 203 g/mol. The molecule has 0 saturated heterocycles. The van der Waals surface area contributed by atoms with Crippen molar-refractivity contribution in [3.05, 3.63) is 41.5 Å². The van der Waals surface area contributed by atoms with Gasteiger partial charge in [0.05, 0.1) is 5.56 Å². The van der Waals surface area contributed by atoms with Gasteiger partial charge in [0, 0.05) is 6.08 Å². The van der Waals surface area contributed by atoms with Crippen LogP contribution in [0.5, 0.6) is 0 Å². The van der Waals surface area contributed by atoms with Crippen molar-refractivity contribution in [2.45, 2.75) is 6.18 Å². The van der Waals surface area contributed by atoms with Crippen molar-refractivity contribution >= 4 is 6.08 Å². The fourth-order valence-corrected chi connectivity index (χ4v) is 0.894. The number of benzene rings is 1. The number of halogens is 5. The molecule has 0 nitrogen and oxygen atoms in total. The zero-order valence-electron chi connectivity index (χ0n) is 6.78. The lowest BCUT2D eigenvalue weighted by molar-refractivity contribution is -0.137. The minimum atomic E-state index is -4.43. The molecule has 0 spiro atoms. The molecule has 0 amide bonds. The van der Waals surface area contributed by atoms with E-state index in [1.165, 1.54) is 0 Å². The van der Waals surface area contributed by atoms with E-state index in [4.69, 9.17) is 0 Å². The van der Waals surface area contributed by atoms with Crippen LogP contribution >= 0.6 is 0 Å². The maximum atomic E-state index is 12.0. The van der Waals surface area contributed by atoms with Gasteiger partial charge < -0.3 is 0 Å². The van der Waals surface area contributed by atoms with Gasteiger partial charge in [-0.25, -0.2) is 0 Å². The lowest BCUT2D eigenvalue weighted by Crippen LogP contribution is -2.03. The number of hydrogen-bond donors (Lipinski definition) is 0. The van der Waals surface area contributed by atoms with Gasteiger partial charge in [0.25, 0.3) is 6.08 Å². The zero-order valence-corrected chi connectivity index (χ0v) is 6.78. The molecule has 76 valence electrons.